The third kappa shape index (κ3) is 3.36. The van der Waals surface area contributed by atoms with Crippen molar-refractivity contribution in [3.8, 4) is 0 Å². The Labute approximate surface area is 200 Å². The highest BCUT2D eigenvalue weighted by atomic mass is 35.5. The Morgan fingerprint density at radius 3 is 2.79 bits per heavy atom. The molecule has 9 heteroatoms. The van der Waals surface area contributed by atoms with Crippen LogP contribution >= 0.6 is 22.9 Å². The van der Waals surface area contributed by atoms with Crippen molar-refractivity contribution < 1.29 is 9.59 Å². The van der Waals surface area contributed by atoms with E-state index >= 15 is 0 Å². The molecule has 2 aromatic carbocycles. The lowest BCUT2D eigenvalue weighted by molar-refractivity contribution is -0.124. The van der Waals surface area contributed by atoms with E-state index in [1.807, 2.05) is 13.0 Å². The molecule has 33 heavy (non-hydrogen) atoms. The van der Waals surface area contributed by atoms with Gasteiger partial charge in [-0.25, -0.2) is 0 Å². The molecule has 3 aromatic rings. The minimum Gasteiger partial charge on any atom is -0.398 e. The highest BCUT2D eigenvalue weighted by Gasteiger charge is 2.48. The van der Waals surface area contributed by atoms with Gasteiger partial charge < -0.3 is 27.8 Å². The fourth-order valence-electron chi connectivity index (χ4n) is 4.91. The Morgan fingerprint density at radius 2 is 2.09 bits per heavy atom. The molecule has 1 aromatic heterocycles. The summed E-state index contributed by atoms with van der Waals surface area (Å²) in [5.41, 5.74) is 21.2. The molecular formula is C24H26ClN5O2S. The predicted octanol–water partition coefficient (Wildman–Crippen LogP) is 2.71. The van der Waals surface area contributed by atoms with Gasteiger partial charge in [-0.05, 0) is 55.1 Å². The van der Waals surface area contributed by atoms with E-state index in [2.05, 4.69) is 10.6 Å². The minimum atomic E-state index is -1.50. The van der Waals surface area contributed by atoms with Crippen molar-refractivity contribution in [1.82, 2.24) is 10.6 Å². The standard InChI is InChI=1S/C24H26ClN5O2S/c1-11-4-5-12(9-15(11)25)24(28)14-6-7-16(26)20-17(14)18(19(27)22(24)31)21(33-20)23(32)30-13-3-2-8-29-10-13/h4-7,9,13,19,29H,2-3,8,10,26-28H2,1H3,(H,30,32). The van der Waals surface area contributed by atoms with Crippen LogP contribution in [0.2, 0.25) is 5.02 Å². The summed E-state index contributed by atoms with van der Waals surface area (Å²) in [6.45, 7) is 3.54. The number of anilines is 1. The maximum Gasteiger partial charge on any atom is 0.262 e. The molecule has 2 aliphatic rings. The lowest BCUT2D eigenvalue weighted by Gasteiger charge is -2.36. The maximum absolute atomic E-state index is 13.7. The molecule has 1 amide bonds. The van der Waals surface area contributed by atoms with Crippen LogP contribution in [0.15, 0.2) is 30.3 Å². The van der Waals surface area contributed by atoms with Crippen LogP contribution in [0, 0.1) is 6.92 Å². The van der Waals surface area contributed by atoms with Crippen LogP contribution in [0.1, 0.15) is 50.8 Å². The number of nitrogens with one attached hydrogen (secondary N) is 2. The van der Waals surface area contributed by atoms with E-state index in [0.29, 0.717) is 48.9 Å². The monoisotopic (exact) mass is 483 g/mol. The summed E-state index contributed by atoms with van der Waals surface area (Å²) in [4.78, 5) is 27.4. The van der Waals surface area contributed by atoms with Crippen molar-refractivity contribution in [2.24, 2.45) is 11.5 Å². The van der Waals surface area contributed by atoms with E-state index in [1.54, 1.807) is 24.3 Å². The molecule has 7 nitrogen and oxygen atoms in total. The SMILES string of the molecule is Cc1ccc(C2(N)C(=O)C(N)c3c(C(=O)NC4CCCNC4)sc4c(N)ccc2c34)cc1Cl. The molecule has 172 valence electrons. The minimum absolute atomic E-state index is 0.0271. The molecular weight excluding hydrogens is 458 g/mol. The second-order valence-electron chi connectivity index (χ2n) is 8.88. The number of rotatable bonds is 3. The third-order valence-corrected chi connectivity index (χ3v) is 8.44. The fourth-order valence-corrected chi connectivity index (χ4v) is 6.29. The zero-order chi connectivity index (χ0) is 23.5. The van der Waals surface area contributed by atoms with Gasteiger partial charge in [0.25, 0.3) is 5.91 Å². The summed E-state index contributed by atoms with van der Waals surface area (Å²) in [7, 11) is 0. The summed E-state index contributed by atoms with van der Waals surface area (Å²) in [5.74, 6) is -0.621. The number of nitrogen functional groups attached to an aromatic ring is 1. The van der Waals surface area contributed by atoms with E-state index in [4.69, 9.17) is 28.8 Å². The quantitative estimate of drug-likeness (QED) is 0.363. The van der Waals surface area contributed by atoms with Crippen LogP contribution in [-0.4, -0.2) is 30.8 Å². The van der Waals surface area contributed by atoms with Gasteiger partial charge in [0.15, 0.2) is 5.78 Å². The number of ketones is 1. The number of halogens is 1. The molecule has 0 bridgehead atoms. The first-order valence-corrected chi connectivity index (χ1v) is 12.1. The Morgan fingerprint density at radius 1 is 1.30 bits per heavy atom. The van der Waals surface area contributed by atoms with Gasteiger partial charge in [-0.3, -0.25) is 9.59 Å². The number of carbonyl (C=O) groups is 2. The summed E-state index contributed by atoms with van der Waals surface area (Å²) in [6.07, 6.45) is 1.89. The topological polar surface area (TPSA) is 136 Å². The highest BCUT2D eigenvalue weighted by Crippen LogP contribution is 2.49. The van der Waals surface area contributed by atoms with E-state index in [1.165, 1.54) is 11.3 Å². The van der Waals surface area contributed by atoms with Crippen LogP contribution in [0.25, 0.3) is 10.1 Å². The van der Waals surface area contributed by atoms with Crippen LogP contribution < -0.4 is 27.8 Å². The average molecular weight is 484 g/mol. The largest absolute Gasteiger partial charge is 0.398 e. The van der Waals surface area contributed by atoms with Crippen molar-refractivity contribution in [1.29, 1.82) is 0 Å². The first-order valence-electron chi connectivity index (χ1n) is 11.0. The van der Waals surface area contributed by atoms with Crippen molar-refractivity contribution in [3.63, 3.8) is 0 Å². The number of piperidine rings is 1. The molecule has 0 radical (unpaired) electrons. The maximum atomic E-state index is 13.7. The van der Waals surface area contributed by atoms with Gasteiger partial charge >= 0.3 is 0 Å². The summed E-state index contributed by atoms with van der Waals surface area (Å²) in [5, 5.41) is 7.59. The molecule has 0 spiro atoms. The Hall–Kier alpha value is -2.49. The first kappa shape index (κ1) is 22.3. The third-order valence-electron chi connectivity index (χ3n) is 6.78. The number of nitrogens with two attached hydrogens (primary N) is 3. The van der Waals surface area contributed by atoms with Crippen molar-refractivity contribution in [2.75, 3.05) is 18.8 Å². The van der Waals surface area contributed by atoms with Crippen molar-refractivity contribution in [3.05, 3.63) is 62.5 Å². The number of hydrogen-bond acceptors (Lipinski definition) is 7. The average Bonchev–Trinajstić information content (AvgIpc) is 3.21. The van der Waals surface area contributed by atoms with Crippen LogP contribution in [0.5, 0.6) is 0 Å². The number of aryl methyl sites for hydroxylation is 1. The predicted molar refractivity (Wildman–Crippen MR) is 133 cm³/mol. The van der Waals surface area contributed by atoms with Gasteiger partial charge in [-0.15, -0.1) is 11.3 Å². The summed E-state index contributed by atoms with van der Waals surface area (Å²) >= 11 is 7.63. The van der Waals surface area contributed by atoms with E-state index in [0.717, 1.165) is 24.9 Å². The number of carbonyl (C=O) groups excluding carboxylic acids is 2. The smallest absolute Gasteiger partial charge is 0.262 e. The van der Waals surface area contributed by atoms with Gasteiger partial charge in [-0.2, -0.15) is 0 Å². The van der Waals surface area contributed by atoms with Crippen LogP contribution in [-0.2, 0) is 10.3 Å². The van der Waals surface area contributed by atoms with Crippen molar-refractivity contribution in [2.45, 2.75) is 37.4 Å². The molecule has 1 aliphatic carbocycles. The molecule has 1 fully saturated rings. The van der Waals surface area contributed by atoms with Gasteiger partial charge in [0.2, 0.25) is 0 Å². The normalized spacial score (nSPS) is 24.8. The Balaban J connectivity index is 1.70. The van der Waals surface area contributed by atoms with E-state index in [9.17, 15) is 9.59 Å². The number of thiophene rings is 1. The Bertz CT molecular complexity index is 1300. The van der Waals surface area contributed by atoms with Gasteiger partial charge in [-0.1, -0.05) is 29.8 Å². The molecule has 3 atom stereocenters. The molecule has 0 saturated carbocycles. The van der Waals surface area contributed by atoms with Crippen LogP contribution in [0.3, 0.4) is 0 Å². The second kappa shape index (κ2) is 8.07. The molecule has 8 N–H and O–H groups in total. The van der Waals surface area contributed by atoms with E-state index in [-0.39, 0.29) is 17.7 Å². The summed E-state index contributed by atoms with van der Waals surface area (Å²) < 4.78 is 0.713. The number of benzene rings is 2. The second-order valence-corrected chi connectivity index (χ2v) is 10.3. The van der Waals surface area contributed by atoms with Crippen molar-refractivity contribution >= 4 is 50.4 Å². The zero-order valence-corrected chi connectivity index (χ0v) is 19.8. The highest BCUT2D eigenvalue weighted by molar-refractivity contribution is 7.21. The Kier molecular flexibility index (Phi) is 5.46. The number of hydrogen-bond donors (Lipinski definition) is 5. The molecule has 2 heterocycles. The first-order chi connectivity index (χ1) is 15.7. The molecule has 5 rings (SSSR count). The molecule has 1 aliphatic heterocycles. The summed E-state index contributed by atoms with van der Waals surface area (Å²) in [6, 6.07) is 7.80. The van der Waals surface area contributed by atoms with Gasteiger partial charge in [0.1, 0.15) is 5.54 Å². The molecule has 1 saturated heterocycles. The fraction of sp³-hybridized carbons (Fsp3) is 0.333. The lowest BCUT2D eigenvalue weighted by Crippen LogP contribution is -2.52. The number of amides is 1. The lowest BCUT2D eigenvalue weighted by atomic mass is 9.70. The zero-order valence-electron chi connectivity index (χ0n) is 18.2. The molecule has 3 unspecified atom stereocenters. The van der Waals surface area contributed by atoms with Crippen LogP contribution in [0.4, 0.5) is 5.69 Å². The van der Waals surface area contributed by atoms with E-state index < -0.39 is 11.6 Å². The van der Waals surface area contributed by atoms with Gasteiger partial charge in [0, 0.05) is 34.2 Å². The van der Waals surface area contributed by atoms with Gasteiger partial charge in [0.05, 0.1) is 15.6 Å². The number of Topliss-reactive ketones (excluding diaryl/α,β-unsaturated/α-hetero) is 1.